The normalized spacial score (nSPS) is 15.5. The van der Waals surface area contributed by atoms with E-state index in [4.69, 9.17) is 14.8 Å². The first-order valence-corrected chi connectivity index (χ1v) is 10.7. The molecule has 28 heavy (non-hydrogen) atoms. The van der Waals surface area contributed by atoms with Crippen molar-refractivity contribution in [3.63, 3.8) is 0 Å². The average molecular weight is 417 g/mol. The summed E-state index contributed by atoms with van der Waals surface area (Å²) < 4.78 is 7.43. The summed E-state index contributed by atoms with van der Waals surface area (Å²) in [6.07, 6.45) is 0.648. The van der Waals surface area contributed by atoms with E-state index in [9.17, 15) is 9.59 Å². The minimum Gasteiger partial charge on any atom is -0.481 e. The van der Waals surface area contributed by atoms with E-state index in [-0.39, 0.29) is 16.9 Å². The molecule has 0 radical (unpaired) electrons. The minimum absolute atomic E-state index is 0.154. The molecule has 0 fully saturated rings. The number of carboxylic acids is 1. The summed E-state index contributed by atoms with van der Waals surface area (Å²) >= 11 is 2.52. The van der Waals surface area contributed by atoms with Crippen LogP contribution in [0.3, 0.4) is 0 Å². The number of thioether (sulfide) groups is 1. The number of aromatic nitrogens is 2. The number of thiophene rings is 1. The number of ether oxygens (including phenoxy) is 1. The lowest BCUT2D eigenvalue weighted by molar-refractivity contribution is -0.133. The molecule has 4 rings (SSSR count). The Balaban J connectivity index is 1.98. The molecule has 3 heterocycles. The highest BCUT2D eigenvalue weighted by molar-refractivity contribution is 7.99. The van der Waals surface area contributed by atoms with Crippen LogP contribution in [-0.4, -0.2) is 32.0 Å². The zero-order valence-electron chi connectivity index (χ0n) is 15.8. The molecule has 2 aromatic heterocycles. The number of aryl methyl sites for hydroxylation is 1. The first-order chi connectivity index (χ1) is 13.2. The van der Waals surface area contributed by atoms with Crippen LogP contribution in [0.2, 0.25) is 0 Å². The second-order valence-corrected chi connectivity index (χ2v) is 9.49. The van der Waals surface area contributed by atoms with Gasteiger partial charge in [0.2, 0.25) is 0 Å². The summed E-state index contributed by atoms with van der Waals surface area (Å²) in [5.74, 6) is -1.11. The second kappa shape index (κ2) is 7.02. The van der Waals surface area contributed by atoms with Crippen LogP contribution in [0.4, 0.5) is 0 Å². The Morgan fingerprint density at radius 1 is 1.43 bits per heavy atom. The van der Waals surface area contributed by atoms with Crippen molar-refractivity contribution >= 4 is 39.3 Å². The number of aliphatic carboxylic acids is 1. The molecule has 0 saturated carbocycles. The molecule has 3 aromatic rings. The highest BCUT2D eigenvalue weighted by Crippen LogP contribution is 2.37. The van der Waals surface area contributed by atoms with E-state index < -0.39 is 5.97 Å². The number of carbonyl (C=O) groups is 1. The highest BCUT2D eigenvalue weighted by Gasteiger charge is 2.31. The number of rotatable bonds is 4. The first-order valence-electron chi connectivity index (χ1n) is 8.88. The summed E-state index contributed by atoms with van der Waals surface area (Å²) in [6.45, 7) is 6.45. The molecule has 0 aliphatic carbocycles. The van der Waals surface area contributed by atoms with Crippen molar-refractivity contribution in [3.8, 4) is 5.69 Å². The number of fused-ring (bicyclic) bond motifs is 3. The molecule has 0 spiro atoms. The lowest BCUT2D eigenvalue weighted by Crippen LogP contribution is -2.32. The zero-order valence-corrected chi connectivity index (χ0v) is 17.4. The number of hydrogen-bond donors (Lipinski definition) is 1. The molecule has 0 atom stereocenters. The lowest BCUT2D eigenvalue weighted by atomic mass is 9.94. The molecule has 1 aliphatic heterocycles. The van der Waals surface area contributed by atoms with Crippen molar-refractivity contribution in [1.29, 1.82) is 0 Å². The highest BCUT2D eigenvalue weighted by atomic mass is 32.2. The number of carboxylic acid groups (broad SMARTS) is 1. The Kier molecular flexibility index (Phi) is 4.81. The topological polar surface area (TPSA) is 81.4 Å². The van der Waals surface area contributed by atoms with Gasteiger partial charge in [0.25, 0.3) is 5.56 Å². The summed E-state index contributed by atoms with van der Waals surface area (Å²) in [5, 5.41) is 10.1. The molecule has 1 aromatic carbocycles. The fourth-order valence-corrected chi connectivity index (χ4v) is 5.27. The van der Waals surface area contributed by atoms with E-state index in [1.807, 2.05) is 45.0 Å². The van der Waals surface area contributed by atoms with Gasteiger partial charge >= 0.3 is 5.97 Å². The standard InChI is InChI=1S/C20H20N2O4S2/c1-11-5-4-6-12(7-11)22-18(25)16-13-8-20(2,3)26-9-14(13)28-17(16)21-19(22)27-10-15(23)24/h4-7H,8-10H2,1-3H3,(H,23,24). The Morgan fingerprint density at radius 2 is 2.21 bits per heavy atom. The van der Waals surface area contributed by atoms with Gasteiger partial charge in [-0.1, -0.05) is 23.9 Å². The number of benzene rings is 1. The van der Waals surface area contributed by atoms with E-state index >= 15 is 0 Å². The molecule has 1 aliphatic rings. The van der Waals surface area contributed by atoms with Gasteiger partial charge in [0.1, 0.15) is 4.83 Å². The van der Waals surface area contributed by atoms with Crippen molar-refractivity contribution < 1.29 is 14.6 Å². The van der Waals surface area contributed by atoms with E-state index in [0.29, 0.717) is 34.1 Å². The van der Waals surface area contributed by atoms with Crippen LogP contribution in [-0.2, 0) is 22.6 Å². The fraction of sp³-hybridized carbons (Fsp3) is 0.350. The van der Waals surface area contributed by atoms with Gasteiger partial charge in [-0.2, -0.15) is 0 Å². The maximum Gasteiger partial charge on any atom is 0.313 e. The smallest absolute Gasteiger partial charge is 0.313 e. The van der Waals surface area contributed by atoms with Crippen LogP contribution in [0, 0.1) is 6.92 Å². The zero-order chi connectivity index (χ0) is 20.1. The van der Waals surface area contributed by atoms with E-state index in [0.717, 1.165) is 27.8 Å². The minimum atomic E-state index is -0.948. The number of hydrogen-bond acceptors (Lipinski definition) is 6. The van der Waals surface area contributed by atoms with Crippen LogP contribution >= 0.6 is 23.1 Å². The predicted molar refractivity (Wildman–Crippen MR) is 111 cm³/mol. The Labute approximate surface area is 170 Å². The van der Waals surface area contributed by atoms with Crippen LogP contribution in [0.5, 0.6) is 0 Å². The maximum atomic E-state index is 13.6. The Morgan fingerprint density at radius 3 is 2.93 bits per heavy atom. The van der Waals surface area contributed by atoms with Gasteiger partial charge in [-0.25, -0.2) is 4.98 Å². The summed E-state index contributed by atoms with van der Waals surface area (Å²) in [4.78, 5) is 31.0. The molecule has 0 saturated heterocycles. The van der Waals surface area contributed by atoms with Gasteiger partial charge in [0, 0.05) is 11.3 Å². The molecule has 0 unspecified atom stereocenters. The fourth-order valence-electron chi connectivity index (χ4n) is 3.39. The largest absolute Gasteiger partial charge is 0.481 e. The second-order valence-electron chi connectivity index (χ2n) is 7.47. The third-order valence-corrected chi connectivity index (χ3v) is 6.68. The van der Waals surface area contributed by atoms with Crippen molar-refractivity contribution in [2.24, 2.45) is 0 Å². The predicted octanol–water partition coefficient (Wildman–Crippen LogP) is 3.78. The SMILES string of the molecule is Cc1cccc(-n2c(SCC(=O)O)nc3sc4c(c3c2=O)CC(C)(C)OC4)c1. The van der Waals surface area contributed by atoms with Crippen molar-refractivity contribution in [2.75, 3.05) is 5.75 Å². The molecule has 1 N–H and O–H groups in total. The van der Waals surface area contributed by atoms with Gasteiger partial charge in [-0.3, -0.25) is 14.2 Å². The molecule has 0 amide bonds. The third kappa shape index (κ3) is 3.47. The molecule has 6 nitrogen and oxygen atoms in total. The van der Waals surface area contributed by atoms with Crippen molar-refractivity contribution in [1.82, 2.24) is 9.55 Å². The Hall–Kier alpha value is -2.16. The van der Waals surface area contributed by atoms with Crippen LogP contribution in [0.15, 0.2) is 34.2 Å². The van der Waals surface area contributed by atoms with E-state index in [2.05, 4.69) is 0 Å². The average Bonchev–Trinajstić information content (AvgIpc) is 2.96. The van der Waals surface area contributed by atoms with Crippen molar-refractivity contribution in [2.45, 2.75) is 44.6 Å². The Bertz CT molecular complexity index is 1150. The third-order valence-electron chi connectivity index (χ3n) is 4.66. The van der Waals surface area contributed by atoms with Gasteiger partial charge in [0.05, 0.1) is 29.0 Å². The summed E-state index contributed by atoms with van der Waals surface area (Å²) in [7, 11) is 0. The molecule has 146 valence electrons. The van der Waals surface area contributed by atoms with Gasteiger partial charge in [0.15, 0.2) is 5.16 Å². The van der Waals surface area contributed by atoms with Gasteiger partial charge in [-0.15, -0.1) is 11.3 Å². The summed E-state index contributed by atoms with van der Waals surface area (Å²) in [5.41, 5.74) is 2.22. The van der Waals surface area contributed by atoms with Crippen LogP contribution < -0.4 is 5.56 Å². The quantitative estimate of drug-likeness (QED) is 0.515. The monoisotopic (exact) mass is 416 g/mol. The van der Waals surface area contributed by atoms with Crippen LogP contribution in [0.25, 0.3) is 15.9 Å². The van der Waals surface area contributed by atoms with E-state index in [1.165, 1.54) is 11.3 Å². The van der Waals surface area contributed by atoms with E-state index in [1.54, 1.807) is 4.57 Å². The first kappa shape index (κ1) is 19.2. The summed E-state index contributed by atoms with van der Waals surface area (Å²) in [6, 6.07) is 7.59. The molecular formula is C20H20N2O4S2. The van der Waals surface area contributed by atoms with Gasteiger partial charge in [-0.05, 0) is 44.0 Å². The van der Waals surface area contributed by atoms with Gasteiger partial charge < -0.3 is 9.84 Å². The number of nitrogens with zero attached hydrogens (tertiary/aromatic N) is 2. The molecular weight excluding hydrogens is 396 g/mol. The molecule has 8 heteroatoms. The maximum absolute atomic E-state index is 13.6. The van der Waals surface area contributed by atoms with Crippen molar-refractivity contribution in [3.05, 3.63) is 50.6 Å². The molecule has 0 bridgehead atoms. The van der Waals surface area contributed by atoms with Crippen LogP contribution in [0.1, 0.15) is 29.9 Å². The lowest BCUT2D eigenvalue weighted by Gasteiger charge is -2.29.